The molecule has 0 unspecified atom stereocenters. The van der Waals surface area contributed by atoms with Crippen LogP contribution in [0.3, 0.4) is 0 Å². The predicted octanol–water partition coefficient (Wildman–Crippen LogP) is 1.79. The maximum Gasteiger partial charge on any atom is 0.150 e. The predicted molar refractivity (Wildman–Crippen MR) is 36.0 cm³/mol. The normalized spacial score (nSPS) is 26.0. The SMILES string of the molecule is C[C@H](F)N1CCCCC1. The molecule has 0 aromatic rings. The third-order valence-electron chi connectivity index (χ3n) is 1.89. The molecule has 1 rings (SSSR count). The third kappa shape index (κ3) is 1.94. The summed E-state index contributed by atoms with van der Waals surface area (Å²) >= 11 is 0. The van der Waals surface area contributed by atoms with Gasteiger partial charge in [-0.25, -0.2) is 4.39 Å². The number of nitrogens with zero attached hydrogens (tertiary/aromatic N) is 1. The monoisotopic (exact) mass is 131 g/mol. The van der Waals surface area contributed by atoms with Crippen LogP contribution in [0.4, 0.5) is 4.39 Å². The second-order valence-corrected chi connectivity index (χ2v) is 2.67. The fourth-order valence-corrected chi connectivity index (χ4v) is 1.27. The molecule has 1 aliphatic rings. The summed E-state index contributed by atoms with van der Waals surface area (Å²) in [5.74, 6) is 0. The molecule has 1 atom stereocenters. The molecule has 0 bridgehead atoms. The highest BCUT2D eigenvalue weighted by atomic mass is 19.1. The van der Waals surface area contributed by atoms with Crippen LogP contribution in [0.25, 0.3) is 0 Å². The van der Waals surface area contributed by atoms with Gasteiger partial charge in [0.1, 0.15) is 0 Å². The van der Waals surface area contributed by atoms with E-state index in [1.54, 1.807) is 6.92 Å². The summed E-state index contributed by atoms with van der Waals surface area (Å²) < 4.78 is 12.5. The van der Waals surface area contributed by atoms with Gasteiger partial charge < -0.3 is 0 Å². The molecular weight excluding hydrogens is 117 g/mol. The quantitative estimate of drug-likeness (QED) is 0.490. The van der Waals surface area contributed by atoms with Crippen molar-refractivity contribution < 1.29 is 4.39 Å². The van der Waals surface area contributed by atoms with Gasteiger partial charge in [-0.1, -0.05) is 6.42 Å². The fourth-order valence-electron chi connectivity index (χ4n) is 1.27. The van der Waals surface area contributed by atoms with Gasteiger partial charge in [-0.15, -0.1) is 0 Å². The van der Waals surface area contributed by atoms with Gasteiger partial charge in [-0.3, -0.25) is 4.90 Å². The molecule has 1 nitrogen and oxygen atoms in total. The van der Waals surface area contributed by atoms with Crippen LogP contribution in [0.2, 0.25) is 0 Å². The van der Waals surface area contributed by atoms with Crippen LogP contribution in [0.1, 0.15) is 26.2 Å². The Kier molecular flexibility index (Phi) is 2.46. The van der Waals surface area contributed by atoms with Crippen molar-refractivity contribution in [2.24, 2.45) is 0 Å². The van der Waals surface area contributed by atoms with E-state index >= 15 is 0 Å². The van der Waals surface area contributed by atoms with Gasteiger partial charge in [0.25, 0.3) is 0 Å². The molecule has 54 valence electrons. The van der Waals surface area contributed by atoms with Crippen molar-refractivity contribution in [2.45, 2.75) is 32.5 Å². The van der Waals surface area contributed by atoms with Gasteiger partial charge in [-0.05, 0) is 19.8 Å². The molecule has 0 radical (unpaired) electrons. The third-order valence-corrected chi connectivity index (χ3v) is 1.89. The van der Waals surface area contributed by atoms with Crippen molar-refractivity contribution in [3.63, 3.8) is 0 Å². The van der Waals surface area contributed by atoms with Crippen molar-refractivity contribution in [1.82, 2.24) is 4.90 Å². The average Bonchev–Trinajstić information content (AvgIpc) is 1.90. The summed E-state index contributed by atoms with van der Waals surface area (Å²) in [5.41, 5.74) is 0. The molecule has 0 saturated carbocycles. The molecule has 1 heterocycles. The average molecular weight is 131 g/mol. The van der Waals surface area contributed by atoms with Crippen LogP contribution in [0.5, 0.6) is 0 Å². The minimum Gasteiger partial charge on any atom is -0.274 e. The first-order valence-corrected chi connectivity index (χ1v) is 3.69. The van der Waals surface area contributed by atoms with Crippen molar-refractivity contribution in [3.05, 3.63) is 0 Å². The Labute approximate surface area is 55.8 Å². The molecule has 2 heteroatoms. The molecule has 0 amide bonds. The Balaban J connectivity index is 2.23. The molecule has 0 aromatic carbocycles. The Morgan fingerprint density at radius 2 is 1.78 bits per heavy atom. The Hall–Kier alpha value is -0.110. The lowest BCUT2D eigenvalue weighted by atomic mass is 10.1. The molecule has 0 aliphatic carbocycles. The van der Waals surface area contributed by atoms with Crippen LogP contribution in [0.15, 0.2) is 0 Å². The van der Waals surface area contributed by atoms with E-state index in [2.05, 4.69) is 0 Å². The summed E-state index contributed by atoms with van der Waals surface area (Å²) in [5, 5.41) is 0. The van der Waals surface area contributed by atoms with Crippen LogP contribution < -0.4 is 0 Å². The standard InChI is InChI=1S/C7H14FN/c1-7(8)9-5-3-2-4-6-9/h7H,2-6H2,1H3/t7-/m1/s1. The molecule has 1 fully saturated rings. The van der Waals surface area contributed by atoms with Crippen LogP contribution >= 0.6 is 0 Å². The maximum absolute atomic E-state index is 12.5. The summed E-state index contributed by atoms with van der Waals surface area (Å²) in [7, 11) is 0. The topological polar surface area (TPSA) is 3.24 Å². The molecule has 9 heavy (non-hydrogen) atoms. The van der Waals surface area contributed by atoms with E-state index in [4.69, 9.17) is 0 Å². The molecular formula is C7H14FN. The molecule has 0 aromatic heterocycles. The number of piperidine rings is 1. The zero-order valence-corrected chi connectivity index (χ0v) is 5.94. The van der Waals surface area contributed by atoms with E-state index in [-0.39, 0.29) is 0 Å². The molecule has 0 N–H and O–H groups in total. The highest BCUT2D eigenvalue weighted by Gasteiger charge is 2.14. The fraction of sp³-hybridized carbons (Fsp3) is 1.00. The minimum atomic E-state index is -0.731. The second-order valence-electron chi connectivity index (χ2n) is 2.67. The first kappa shape index (κ1) is 7.00. The van der Waals surface area contributed by atoms with Crippen molar-refractivity contribution in [3.8, 4) is 0 Å². The van der Waals surface area contributed by atoms with Gasteiger partial charge in [0, 0.05) is 13.1 Å². The second kappa shape index (κ2) is 3.16. The molecule has 0 spiro atoms. The van der Waals surface area contributed by atoms with Crippen molar-refractivity contribution in [2.75, 3.05) is 13.1 Å². The Morgan fingerprint density at radius 1 is 1.22 bits per heavy atom. The van der Waals surface area contributed by atoms with E-state index in [1.807, 2.05) is 4.90 Å². The van der Waals surface area contributed by atoms with Crippen molar-refractivity contribution in [1.29, 1.82) is 0 Å². The highest BCUT2D eigenvalue weighted by molar-refractivity contribution is 4.64. The van der Waals surface area contributed by atoms with E-state index in [0.29, 0.717) is 0 Å². The summed E-state index contributed by atoms with van der Waals surface area (Å²) in [4.78, 5) is 1.89. The van der Waals surface area contributed by atoms with Crippen LogP contribution in [0, 0.1) is 0 Å². The molecule has 1 aliphatic heterocycles. The maximum atomic E-state index is 12.5. The number of hydrogen-bond donors (Lipinski definition) is 0. The first-order chi connectivity index (χ1) is 4.30. The lowest BCUT2D eigenvalue weighted by Crippen LogP contribution is -2.34. The van der Waals surface area contributed by atoms with Gasteiger partial charge in [-0.2, -0.15) is 0 Å². The summed E-state index contributed by atoms with van der Waals surface area (Å²) in [6, 6.07) is 0. The lowest BCUT2D eigenvalue weighted by Gasteiger charge is -2.27. The van der Waals surface area contributed by atoms with E-state index in [1.165, 1.54) is 19.3 Å². The number of alkyl halides is 1. The van der Waals surface area contributed by atoms with Gasteiger partial charge >= 0.3 is 0 Å². The largest absolute Gasteiger partial charge is 0.274 e. The van der Waals surface area contributed by atoms with E-state index in [0.717, 1.165) is 13.1 Å². The number of hydrogen-bond acceptors (Lipinski definition) is 1. The lowest BCUT2D eigenvalue weighted by molar-refractivity contribution is 0.0785. The highest BCUT2D eigenvalue weighted by Crippen LogP contribution is 2.11. The number of halogens is 1. The smallest absolute Gasteiger partial charge is 0.150 e. The number of likely N-dealkylation sites (tertiary alicyclic amines) is 1. The molecule has 1 saturated heterocycles. The summed E-state index contributed by atoms with van der Waals surface area (Å²) in [6.07, 6.45) is 2.90. The zero-order valence-electron chi connectivity index (χ0n) is 5.94. The van der Waals surface area contributed by atoms with Crippen LogP contribution in [-0.4, -0.2) is 24.3 Å². The number of rotatable bonds is 1. The Morgan fingerprint density at radius 3 is 2.11 bits per heavy atom. The van der Waals surface area contributed by atoms with Gasteiger partial charge in [0.15, 0.2) is 6.30 Å². The van der Waals surface area contributed by atoms with E-state index < -0.39 is 6.30 Å². The van der Waals surface area contributed by atoms with Crippen LogP contribution in [-0.2, 0) is 0 Å². The van der Waals surface area contributed by atoms with Crippen molar-refractivity contribution >= 4 is 0 Å². The van der Waals surface area contributed by atoms with Gasteiger partial charge in [0.2, 0.25) is 0 Å². The Bertz CT molecular complexity index is 77.0. The minimum absolute atomic E-state index is 0.731. The summed E-state index contributed by atoms with van der Waals surface area (Å²) in [6.45, 7) is 3.53. The van der Waals surface area contributed by atoms with E-state index in [9.17, 15) is 4.39 Å². The van der Waals surface area contributed by atoms with Gasteiger partial charge in [0.05, 0.1) is 0 Å². The zero-order chi connectivity index (χ0) is 6.69. The first-order valence-electron chi connectivity index (χ1n) is 3.69.